The molecule has 0 saturated carbocycles. The highest BCUT2D eigenvalue weighted by Crippen LogP contribution is 2.33. The number of carboxylic acids is 1. The predicted octanol–water partition coefficient (Wildman–Crippen LogP) is 3.24. The molecule has 2 aromatic carbocycles. The van der Waals surface area contributed by atoms with E-state index in [1.165, 1.54) is 12.1 Å². The molecule has 1 heterocycles. The number of carboxylic acid groups (broad SMARTS) is 1. The summed E-state index contributed by atoms with van der Waals surface area (Å²) in [6.45, 7) is 0. The lowest BCUT2D eigenvalue weighted by Gasteiger charge is -2.27. The summed E-state index contributed by atoms with van der Waals surface area (Å²) in [4.78, 5) is 35.9. The number of carbonyl (C=O) groups is 3. The van der Waals surface area contributed by atoms with Crippen molar-refractivity contribution in [2.24, 2.45) is 0 Å². The van der Waals surface area contributed by atoms with Crippen LogP contribution in [0.5, 0.6) is 0 Å². The van der Waals surface area contributed by atoms with E-state index in [2.05, 4.69) is 10.6 Å². The monoisotopic (exact) mass is 390 g/mol. The van der Waals surface area contributed by atoms with Crippen molar-refractivity contribution in [1.82, 2.24) is 5.32 Å². The molecule has 0 radical (unpaired) electrons. The number of aliphatic carboxylic acids is 1. The molecule has 1 aliphatic rings. The zero-order valence-electron chi connectivity index (χ0n) is 14.0. The molecule has 8 heteroatoms. The summed E-state index contributed by atoms with van der Waals surface area (Å²) in [6, 6.07) is 9.81. The SMILES string of the molecule is O=C(O)C[C@@H](NC(=O)[C@@H]1CC(=O)Nc2ccccc21)c1ccc(Cl)c(F)c1. The summed E-state index contributed by atoms with van der Waals surface area (Å²) in [7, 11) is 0. The smallest absolute Gasteiger partial charge is 0.305 e. The molecule has 0 aromatic heterocycles. The van der Waals surface area contributed by atoms with Crippen molar-refractivity contribution in [3.05, 3.63) is 64.4 Å². The van der Waals surface area contributed by atoms with Crippen molar-refractivity contribution < 1.29 is 23.9 Å². The van der Waals surface area contributed by atoms with Gasteiger partial charge in [-0.15, -0.1) is 0 Å². The second-order valence-corrected chi connectivity index (χ2v) is 6.63. The number of rotatable bonds is 5. The molecule has 0 saturated heterocycles. The summed E-state index contributed by atoms with van der Waals surface area (Å²) in [5.41, 5.74) is 1.47. The summed E-state index contributed by atoms with van der Waals surface area (Å²) in [6.07, 6.45) is -0.495. The van der Waals surface area contributed by atoms with Gasteiger partial charge in [-0.25, -0.2) is 4.39 Å². The Morgan fingerprint density at radius 1 is 1.30 bits per heavy atom. The number of para-hydroxylation sites is 1. The first-order valence-electron chi connectivity index (χ1n) is 8.21. The van der Waals surface area contributed by atoms with Crippen molar-refractivity contribution in [3.63, 3.8) is 0 Å². The lowest BCUT2D eigenvalue weighted by Crippen LogP contribution is -2.37. The van der Waals surface area contributed by atoms with Gasteiger partial charge in [0.05, 0.1) is 23.4 Å². The van der Waals surface area contributed by atoms with E-state index in [1.807, 2.05) is 0 Å². The summed E-state index contributed by atoms with van der Waals surface area (Å²) in [5.74, 6) is -3.43. The lowest BCUT2D eigenvalue weighted by molar-refractivity contribution is -0.138. The van der Waals surface area contributed by atoms with Gasteiger partial charge in [0.2, 0.25) is 11.8 Å². The van der Waals surface area contributed by atoms with Gasteiger partial charge in [-0.1, -0.05) is 35.9 Å². The molecule has 3 N–H and O–H groups in total. The molecular weight excluding hydrogens is 375 g/mol. The van der Waals surface area contributed by atoms with Gasteiger partial charge in [-0.2, -0.15) is 0 Å². The fraction of sp³-hybridized carbons (Fsp3) is 0.211. The molecule has 3 rings (SSSR count). The Morgan fingerprint density at radius 3 is 2.74 bits per heavy atom. The van der Waals surface area contributed by atoms with Crippen molar-refractivity contribution in [3.8, 4) is 0 Å². The van der Waals surface area contributed by atoms with E-state index in [4.69, 9.17) is 16.7 Å². The summed E-state index contributed by atoms with van der Waals surface area (Å²) < 4.78 is 13.8. The molecule has 2 aromatic rings. The molecule has 6 nitrogen and oxygen atoms in total. The minimum atomic E-state index is -1.16. The van der Waals surface area contributed by atoms with Crippen LogP contribution in [0.2, 0.25) is 5.02 Å². The second kappa shape index (κ2) is 7.75. The van der Waals surface area contributed by atoms with Gasteiger partial charge in [0.25, 0.3) is 0 Å². The zero-order chi connectivity index (χ0) is 19.6. The molecule has 0 aliphatic carbocycles. The molecule has 0 bridgehead atoms. The highest BCUT2D eigenvalue weighted by molar-refractivity contribution is 6.30. The number of fused-ring (bicyclic) bond motifs is 1. The number of hydrogen-bond acceptors (Lipinski definition) is 3. The van der Waals surface area contributed by atoms with E-state index in [0.29, 0.717) is 11.3 Å². The van der Waals surface area contributed by atoms with E-state index >= 15 is 0 Å². The minimum Gasteiger partial charge on any atom is -0.481 e. The van der Waals surface area contributed by atoms with Gasteiger partial charge in [0.15, 0.2) is 0 Å². The Bertz CT molecular complexity index is 918. The third kappa shape index (κ3) is 4.25. The van der Waals surface area contributed by atoms with Crippen LogP contribution in [-0.2, 0) is 14.4 Å². The maximum Gasteiger partial charge on any atom is 0.305 e. The van der Waals surface area contributed by atoms with Gasteiger partial charge in [-0.3, -0.25) is 14.4 Å². The lowest BCUT2D eigenvalue weighted by atomic mass is 9.89. The Labute approximate surface area is 159 Å². The Morgan fingerprint density at radius 2 is 2.04 bits per heavy atom. The number of halogens is 2. The molecule has 140 valence electrons. The molecule has 27 heavy (non-hydrogen) atoms. The number of anilines is 1. The predicted molar refractivity (Wildman–Crippen MR) is 97.0 cm³/mol. The Balaban J connectivity index is 1.87. The first-order chi connectivity index (χ1) is 12.8. The highest BCUT2D eigenvalue weighted by Gasteiger charge is 2.32. The van der Waals surface area contributed by atoms with E-state index in [1.54, 1.807) is 24.3 Å². The first-order valence-corrected chi connectivity index (χ1v) is 8.59. The number of amides is 2. The molecule has 1 aliphatic heterocycles. The maximum absolute atomic E-state index is 13.8. The van der Waals surface area contributed by atoms with Crippen LogP contribution < -0.4 is 10.6 Å². The molecule has 2 amide bonds. The fourth-order valence-corrected chi connectivity index (χ4v) is 3.19. The molecular formula is C19H16ClFN2O4. The number of nitrogens with one attached hydrogen (secondary N) is 2. The maximum atomic E-state index is 13.8. The Hall–Kier alpha value is -2.93. The van der Waals surface area contributed by atoms with Crippen molar-refractivity contribution in [2.45, 2.75) is 24.8 Å². The van der Waals surface area contributed by atoms with Crippen LogP contribution in [0.15, 0.2) is 42.5 Å². The Kier molecular flexibility index (Phi) is 5.41. The van der Waals surface area contributed by atoms with Gasteiger partial charge >= 0.3 is 5.97 Å². The number of carbonyl (C=O) groups excluding carboxylic acids is 2. The van der Waals surface area contributed by atoms with Crippen molar-refractivity contribution >= 4 is 35.1 Å². The normalized spacial score (nSPS) is 16.8. The third-order valence-electron chi connectivity index (χ3n) is 4.36. The second-order valence-electron chi connectivity index (χ2n) is 6.22. The number of hydrogen-bond donors (Lipinski definition) is 3. The molecule has 0 unspecified atom stereocenters. The summed E-state index contributed by atoms with van der Waals surface area (Å²) in [5, 5.41) is 14.4. The van der Waals surface area contributed by atoms with E-state index in [-0.39, 0.29) is 22.9 Å². The van der Waals surface area contributed by atoms with Crippen LogP contribution in [0, 0.1) is 5.82 Å². The molecule has 2 atom stereocenters. The van der Waals surface area contributed by atoms with Crippen LogP contribution in [0.3, 0.4) is 0 Å². The van der Waals surface area contributed by atoms with Crippen LogP contribution in [0.25, 0.3) is 0 Å². The van der Waals surface area contributed by atoms with Gasteiger partial charge in [0, 0.05) is 12.1 Å². The van der Waals surface area contributed by atoms with E-state index in [0.717, 1.165) is 6.07 Å². The van der Waals surface area contributed by atoms with Gasteiger partial charge < -0.3 is 15.7 Å². The standard InChI is InChI=1S/C19H16ClFN2O4/c20-13-6-5-10(7-14(13)21)16(9-18(25)26)23-19(27)12-8-17(24)22-15-4-2-1-3-11(12)15/h1-7,12,16H,8-9H2,(H,22,24)(H,23,27)(H,25,26)/t12-,16-/m1/s1. The van der Waals surface area contributed by atoms with Crippen LogP contribution in [0.1, 0.15) is 35.9 Å². The van der Waals surface area contributed by atoms with Crippen molar-refractivity contribution in [1.29, 1.82) is 0 Å². The average Bonchev–Trinajstić information content (AvgIpc) is 2.62. The van der Waals surface area contributed by atoms with E-state index in [9.17, 15) is 18.8 Å². The fourth-order valence-electron chi connectivity index (χ4n) is 3.07. The third-order valence-corrected chi connectivity index (χ3v) is 4.66. The quantitative estimate of drug-likeness (QED) is 0.730. The largest absolute Gasteiger partial charge is 0.481 e. The first kappa shape index (κ1) is 18.8. The van der Waals surface area contributed by atoms with Gasteiger partial charge in [0.1, 0.15) is 5.82 Å². The highest BCUT2D eigenvalue weighted by atomic mass is 35.5. The minimum absolute atomic E-state index is 0.0579. The topological polar surface area (TPSA) is 95.5 Å². The number of benzene rings is 2. The summed E-state index contributed by atoms with van der Waals surface area (Å²) >= 11 is 5.67. The van der Waals surface area contributed by atoms with E-state index < -0.39 is 36.1 Å². The molecule has 0 spiro atoms. The molecule has 0 fully saturated rings. The van der Waals surface area contributed by atoms with Gasteiger partial charge in [-0.05, 0) is 29.3 Å². The van der Waals surface area contributed by atoms with Crippen LogP contribution in [0.4, 0.5) is 10.1 Å². The van der Waals surface area contributed by atoms with Crippen LogP contribution in [-0.4, -0.2) is 22.9 Å². The van der Waals surface area contributed by atoms with Crippen molar-refractivity contribution in [2.75, 3.05) is 5.32 Å². The van der Waals surface area contributed by atoms with Crippen LogP contribution >= 0.6 is 11.6 Å². The zero-order valence-corrected chi connectivity index (χ0v) is 14.8. The average molecular weight is 391 g/mol.